The summed E-state index contributed by atoms with van der Waals surface area (Å²) in [5.74, 6) is 1.73. The van der Waals surface area contributed by atoms with Crippen LogP contribution in [0.3, 0.4) is 0 Å². The van der Waals surface area contributed by atoms with Crippen LogP contribution < -0.4 is 5.73 Å². The van der Waals surface area contributed by atoms with E-state index in [1.807, 2.05) is 0 Å². The standard InChI is InChI=1S/C15H31N3/c1-15(2)12-18(9-8-17(15)3)11-14-6-4-13(10-16)5-7-14/h13-14H,4-12,16H2,1-3H3. The van der Waals surface area contributed by atoms with Crippen LogP contribution in [0, 0.1) is 11.8 Å². The van der Waals surface area contributed by atoms with Crippen LogP contribution in [0.25, 0.3) is 0 Å². The number of hydrogen-bond acceptors (Lipinski definition) is 3. The molecule has 1 aliphatic carbocycles. The van der Waals surface area contributed by atoms with Gasteiger partial charge in [0.2, 0.25) is 0 Å². The number of hydrogen-bond donors (Lipinski definition) is 1. The van der Waals surface area contributed by atoms with Crippen molar-refractivity contribution in [3.05, 3.63) is 0 Å². The highest BCUT2D eigenvalue weighted by molar-refractivity contribution is 4.89. The maximum Gasteiger partial charge on any atom is 0.0277 e. The lowest BCUT2D eigenvalue weighted by Gasteiger charge is -2.46. The Bertz CT molecular complexity index is 256. The molecule has 1 saturated carbocycles. The smallest absolute Gasteiger partial charge is 0.0277 e. The van der Waals surface area contributed by atoms with Crippen LogP contribution in [-0.2, 0) is 0 Å². The van der Waals surface area contributed by atoms with Gasteiger partial charge in [0.25, 0.3) is 0 Å². The first-order valence-electron chi connectivity index (χ1n) is 7.65. The summed E-state index contributed by atoms with van der Waals surface area (Å²) in [4.78, 5) is 5.18. The largest absolute Gasteiger partial charge is 0.330 e. The molecule has 1 aliphatic heterocycles. The SMILES string of the molecule is CN1CCN(CC2CCC(CN)CC2)CC1(C)C. The second-order valence-electron chi connectivity index (χ2n) is 7.09. The normalized spacial score (nSPS) is 34.7. The zero-order valence-corrected chi connectivity index (χ0v) is 12.5. The third kappa shape index (κ3) is 3.46. The van der Waals surface area contributed by atoms with Gasteiger partial charge in [-0.25, -0.2) is 0 Å². The van der Waals surface area contributed by atoms with E-state index in [0.29, 0.717) is 5.54 Å². The Kier molecular flexibility index (Phi) is 4.68. The van der Waals surface area contributed by atoms with E-state index >= 15 is 0 Å². The van der Waals surface area contributed by atoms with Gasteiger partial charge in [0.05, 0.1) is 0 Å². The monoisotopic (exact) mass is 253 g/mol. The molecule has 0 aromatic heterocycles. The van der Waals surface area contributed by atoms with Gasteiger partial charge in [0, 0.05) is 31.7 Å². The number of piperazine rings is 1. The predicted octanol–water partition coefficient (Wildman–Crippen LogP) is 1.78. The summed E-state index contributed by atoms with van der Waals surface area (Å²) in [5.41, 5.74) is 6.11. The van der Waals surface area contributed by atoms with E-state index in [1.54, 1.807) is 0 Å². The van der Waals surface area contributed by atoms with Gasteiger partial charge in [-0.1, -0.05) is 0 Å². The Hall–Kier alpha value is -0.120. The molecular weight excluding hydrogens is 222 g/mol. The van der Waals surface area contributed by atoms with Crippen molar-refractivity contribution in [3.63, 3.8) is 0 Å². The van der Waals surface area contributed by atoms with Gasteiger partial charge >= 0.3 is 0 Å². The molecule has 0 aromatic carbocycles. The Labute approximate surface area is 113 Å². The summed E-state index contributed by atoms with van der Waals surface area (Å²) in [6.07, 6.45) is 5.51. The van der Waals surface area contributed by atoms with Crippen LogP contribution in [0.2, 0.25) is 0 Å². The lowest BCUT2D eigenvalue weighted by molar-refractivity contribution is 0.0275. The topological polar surface area (TPSA) is 32.5 Å². The minimum absolute atomic E-state index is 0.340. The average molecular weight is 253 g/mol. The number of likely N-dealkylation sites (N-methyl/N-ethyl adjacent to an activating group) is 1. The van der Waals surface area contributed by atoms with E-state index < -0.39 is 0 Å². The summed E-state index contributed by atoms with van der Waals surface area (Å²) in [6, 6.07) is 0. The first-order valence-corrected chi connectivity index (χ1v) is 7.65. The molecule has 1 heterocycles. The lowest BCUT2D eigenvalue weighted by Crippen LogP contribution is -2.58. The minimum Gasteiger partial charge on any atom is -0.330 e. The second-order valence-corrected chi connectivity index (χ2v) is 7.09. The maximum absolute atomic E-state index is 5.77. The minimum atomic E-state index is 0.340. The predicted molar refractivity (Wildman–Crippen MR) is 77.7 cm³/mol. The van der Waals surface area contributed by atoms with Crippen molar-refractivity contribution in [2.24, 2.45) is 17.6 Å². The van der Waals surface area contributed by atoms with Crippen LogP contribution in [-0.4, -0.2) is 55.1 Å². The second kappa shape index (κ2) is 5.89. The maximum atomic E-state index is 5.77. The molecule has 3 nitrogen and oxygen atoms in total. The summed E-state index contributed by atoms with van der Waals surface area (Å²) in [5, 5.41) is 0. The molecule has 0 radical (unpaired) electrons. The van der Waals surface area contributed by atoms with Crippen LogP contribution >= 0.6 is 0 Å². The van der Waals surface area contributed by atoms with Crippen LogP contribution in [0.5, 0.6) is 0 Å². The third-order valence-corrected chi connectivity index (χ3v) is 5.21. The fourth-order valence-corrected chi connectivity index (χ4v) is 3.51. The molecule has 2 rings (SSSR count). The Morgan fingerprint density at radius 2 is 1.67 bits per heavy atom. The van der Waals surface area contributed by atoms with Crippen molar-refractivity contribution < 1.29 is 0 Å². The summed E-state index contributed by atoms with van der Waals surface area (Å²) in [6.45, 7) is 10.6. The Morgan fingerprint density at radius 1 is 1.06 bits per heavy atom. The molecule has 0 unspecified atom stereocenters. The van der Waals surface area contributed by atoms with Crippen molar-refractivity contribution in [3.8, 4) is 0 Å². The zero-order valence-electron chi connectivity index (χ0n) is 12.5. The van der Waals surface area contributed by atoms with Crippen LogP contribution in [0.1, 0.15) is 39.5 Å². The average Bonchev–Trinajstić information content (AvgIpc) is 2.34. The molecule has 106 valence electrons. The van der Waals surface area contributed by atoms with E-state index in [0.717, 1.165) is 18.4 Å². The van der Waals surface area contributed by atoms with Crippen molar-refractivity contribution in [1.82, 2.24) is 9.80 Å². The number of nitrogens with two attached hydrogens (primary N) is 1. The van der Waals surface area contributed by atoms with Gasteiger partial charge in [-0.2, -0.15) is 0 Å². The fourth-order valence-electron chi connectivity index (χ4n) is 3.51. The van der Waals surface area contributed by atoms with Gasteiger partial charge in [-0.05, 0) is 65.0 Å². The zero-order chi connectivity index (χ0) is 13.2. The molecule has 18 heavy (non-hydrogen) atoms. The summed E-state index contributed by atoms with van der Waals surface area (Å²) in [7, 11) is 2.25. The van der Waals surface area contributed by atoms with Crippen LogP contribution in [0.4, 0.5) is 0 Å². The molecule has 0 aromatic rings. The van der Waals surface area contributed by atoms with E-state index in [1.165, 1.54) is 51.9 Å². The lowest BCUT2D eigenvalue weighted by atomic mass is 9.81. The van der Waals surface area contributed by atoms with E-state index in [2.05, 4.69) is 30.7 Å². The van der Waals surface area contributed by atoms with Gasteiger partial charge in [0.1, 0.15) is 0 Å². The van der Waals surface area contributed by atoms with Crippen molar-refractivity contribution in [2.75, 3.05) is 39.8 Å². The van der Waals surface area contributed by atoms with Gasteiger partial charge < -0.3 is 5.73 Å². The van der Waals surface area contributed by atoms with Gasteiger partial charge in [0.15, 0.2) is 0 Å². The molecule has 2 fully saturated rings. The molecule has 0 amide bonds. The summed E-state index contributed by atoms with van der Waals surface area (Å²) < 4.78 is 0. The van der Waals surface area contributed by atoms with Gasteiger partial charge in [-0.3, -0.25) is 9.80 Å². The molecule has 1 saturated heterocycles. The molecule has 2 aliphatic rings. The number of rotatable bonds is 3. The molecule has 2 N–H and O–H groups in total. The quantitative estimate of drug-likeness (QED) is 0.832. The fraction of sp³-hybridized carbons (Fsp3) is 1.00. The Morgan fingerprint density at radius 3 is 2.22 bits per heavy atom. The first-order chi connectivity index (χ1) is 8.51. The van der Waals surface area contributed by atoms with E-state index in [-0.39, 0.29) is 0 Å². The highest BCUT2D eigenvalue weighted by Crippen LogP contribution is 2.29. The third-order valence-electron chi connectivity index (χ3n) is 5.21. The van der Waals surface area contributed by atoms with Crippen LogP contribution in [0.15, 0.2) is 0 Å². The van der Waals surface area contributed by atoms with Crippen molar-refractivity contribution in [1.29, 1.82) is 0 Å². The van der Waals surface area contributed by atoms with E-state index in [4.69, 9.17) is 5.73 Å². The molecular formula is C15H31N3. The van der Waals surface area contributed by atoms with Gasteiger partial charge in [-0.15, -0.1) is 0 Å². The molecule has 0 spiro atoms. The number of nitrogens with zero attached hydrogens (tertiary/aromatic N) is 2. The molecule has 3 heteroatoms. The highest BCUT2D eigenvalue weighted by atomic mass is 15.3. The highest BCUT2D eigenvalue weighted by Gasteiger charge is 2.32. The molecule has 0 bridgehead atoms. The van der Waals surface area contributed by atoms with Crippen molar-refractivity contribution in [2.45, 2.75) is 45.1 Å². The summed E-state index contributed by atoms with van der Waals surface area (Å²) >= 11 is 0. The molecule has 0 atom stereocenters. The van der Waals surface area contributed by atoms with E-state index in [9.17, 15) is 0 Å². The van der Waals surface area contributed by atoms with Crippen molar-refractivity contribution >= 4 is 0 Å². The Balaban J connectivity index is 1.77. The first kappa shape index (κ1) is 14.3.